The predicted molar refractivity (Wildman–Crippen MR) is 148 cm³/mol. The Balaban J connectivity index is 1.61. The van der Waals surface area contributed by atoms with Crippen LogP contribution in [-0.4, -0.2) is 26.5 Å². The van der Waals surface area contributed by atoms with Crippen LogP contribution in [0.4, 0.5) is 4.79 Å². The van der Waals surface area contributed by atoms with E-state index in [4.69, 9.17) is 4.98 Å². The molecule has 1 aliphatic carbocycles. The molecule has 0 spiro atoms. The van der Waals surface area contributed by atoms with Crippen LogP contribution >= 0.6 is 0 Å². The molecule has 0 bridgehead atoms. The van der Waals surface area contributed by atoms with Crippen molar-refractivity contribution >= 4 is 16.9 Å². The summed E-state index contributed by atoms with van der Waals surface area (Å²) < 4.78 is 1.67. The molecule has 1 aliphatic rings. The van der Waals surface area contributed by atoms with Crippen molar-refractivity contribution in [2.75, 3.05) is 0 Å². The highest BCUT2D eigenvalue weighted by atomic mass is 16.2. The van der Waals surface area contributed by atoms with Gasteiger partial charge in [-0.25, -0.2) is 9.78 Å². The van der Waals surface area contributed by atoms with Gasteiger partial charge in [0, 0.05) is 12.6 Å². The standard InChI is InChI=1S/C31H34N4O2/c1-22-12-11-17-26(20-22)35-29(33-28-19-10-9-18-27(28)30(35)36)23(2)34(21-24-13-5-3-6-14-24)31(37)32-25-15-7-4-8-16-25/h3,5-6,9-14,17-20,23,25H,4,7-8,15-16,21H2,1-2H3,(H,32,37). The van der Waals surface area contributed by atoms with Gasteiger partial charge in [-0.15, -0.1) is 0 Å². The number of aromatic nitrogens is 2. The molecule has 1 aromatic heterocycles. The third kappa shape index (κ3) is 5.43. The molecular weight excluding hydrogens is 460 g/mol. The Morgan fingerprint density at radius 1 is 1.00 bits per heavy atom. The van der Waals surface area contributed by atoms with Gasteiger partial charge in [0.25, 0.3) is 5.56 Å². The molecule has 0 saturated heterocycles. The zero-order valence-corrected chi connectivity index (χ0v) is 21.6. The Labute approximate surface area is 218 Å². The maximum atomic E-state index is 13.8. The summed E-state index contributed by atoms with van der Waals surface area (Å²) in [4.78, 5) is 34.4. The maximum absolute atomic E-state index is 13.8. The molecule has 6 heteroatoms. The first-order chi connectivity index (χ1) is 18.0. The number of hydrogen-bond donors (Lipinski definition) is 1. The van der Waals surface area contributed by atoms with E-state index in [0.29, 0.717) is 23.3 Å². The van der Waals surface area contributed by atoms with Crippen LogP contribution in [0.15, 0.2) is 83.7 Å². The third-order valence-electron chi connectivity index (χ3n) is 7.29. The molecule has 1 atom stereocenters. The average Bonchev–Trinajstić information content (AvgIpc) is 2.92. The van der Waals surface area contributed by atoms with Crippen molar-refractivity contribution in [3.63, 3.8) is 0 Å². The Bertz CT molecular complexity index is 1440. The van der Waals surface area contributed by atoms with Gasteiger partial charge < -0.3 is 10.2 Å². The molecule has 1 N–H and O–H groups in total. The van der Waals surface area contributed by atoms with Gasteiger partial charge in [-0.3, -0.25) is 9.36 Å². The Hall–Kier alpha value is -3.93. The lowest BCUT2D eigenvalue weighted by atomic mass is 9.96. The zero-order valence-electron chi connectivity index (χ0n) is 21.6. The van der Waals surface area contributed by atoms with E-state index in [1.165, 1.54) is 6.42 Å². The summed E-state index contributed by atoms with van der Waals surface area (Å²) in [7, 11) is 0. The van der Waals surface area contributed by atoms with Crippen LogP contribution in [-0.2, 0) is 6.54 Å². The summed E-state index contributed by atoms with van der Waals surface area (Å²) in [6.07, 6.45) is 5.50. The van der Waals surface area contributed by atoms with Crippen LogP contribution in [0.25, 0.3) is 16.6 Å². The van der Waals surface area contributed by atoms with Crippen molar-refractivity contribution in [3.05, 3.63) is 106 Å². The average molecular weight is 495 g/mol. The van der Waals surface area contributed by atoms with Gasteiger partial charge in [-0.05, 0) is 62.1 Å². The fourth-order valence-corrected chi connectivity index (χ4v) is 5.26. The number of urea groups is 1. The molecule has 0 radical (unpaired) electrons. The van der Waals surface area contributed by atoms with Crippen LogP contribution in [0.1, 0.15) is 62.0 Å². The largest absolute Gasteiger partial charge is 0.335 e. The lowest BCUT2D eigenvalue weighted by Crippen LogP contribution is -2.47. The van der Waals surface area contributed by atoms with Crippen molar-refractivity contribution in [2.45, 2.75) is 64.6 Å². The fourth-order valence-electron chi connectivity index (χ4n) is 5.26. The van der Waals surface area contributed by atoms with Gasteiger partial charge in [0.05, 0.1) is 22.6 Å². The van der Waals surface area contributed by atoms with Crippen LogP contribution in [0.2, 0.25) is 0 Å². The third-order valence-corrected chi connectivity index (χ3v) is 7.29. The number of nitrogens with zero attached hydrogens (tertiary/aromatic N) is 3. The Kier molecular flexibility index (Phi) is 7.35. The SMILES string of the molecule is Cc1cccc(-n2c(C(C)N(Cc3ccccc3)C(=O)NC3CCCCC3)nc3ccccc3c2=O)c1. The normalized spacial score (nSPS) is 14.9. The van der Waals surface area contributed by atoms with E-state index >= 15 is 0 Å². The van der Waals surface area contributed by atoms with E-state index in [1.807, 2.05) is 97.6 Å². The zero-order chi connectivity index (χ0) is 25.8. The first-order valence-electron chi connectivity index (χ1n) is 13.2. The van der Waals surface area contributed by atoms with E-state index in [2.05, 4.69) is 5.32 Å². The molecule has 6 nitrogen and oxygen atoms in total. The van der Waals surface area contributed by atoms with Crippen molar-refractivity contribution in [1.82, 2.24) is 19.8 Å². The van der Waals surface area contributed by atoms with Gasteiger partial charge in [-0.2, -0.15) is 0 Å². The quantitative estimate of drug-likeness (QED) is 0.342. The van der Waals surface area contributed by atoms with Gasteiger partial charge in [0.2, 0.25) is 0 Å². The molecule has 2 amide bonds. The molecule has 1 heterocycles. The second-order valence-electron chi connectivity index (χ2n) is 10.0. The number of benzene rings is 3. The number of fused-ring (bicyclic) bond motifs is 1. The fraction of sp³-hybridized carbons (Fsp3) is 0.323. The first-order valence-corrected chi connectivity index (χ1v) is 13.2. The van der Waals surface area contributed by atoms with Gasteiger partial charge >= 0.3 is 6.03 Å². The molecule has 4 aromatic rings. The van der Waals surface area contributed by atoms with Crippen LogP contribution in [0, 0.1) is 6.92 Å². The minimum absolute atomic E-state index is 0.124. The van der Waals surface area contributed by atoms with Gasteiger partial charge in [0.15, 0.2) is 0 Å². The van der Waals surface area contributed by atoms with Crippen LogP contribution < -0.4 is 10.9 Å². The first kappa shape index (κ1) is 24.8. The van der Waals surface area contributed by atoms with E-state index in [-0.39, 0.29) is 17.6 Å². The summed E-state index contributed by atoms with van der Waals surface area (Å²) in [5.41, 5.74) is 3.32. The van der Waals surface area contributed by atoms with E-state index in [9.17, 15) is 9.59 Å². The number of aryl methyl sites for hydroxylation is 1. The second kappa shape index (κ2) is 11.0. The predicted octanol–water partition coefficient (Wildman–Crippen LogP) is 6.30. The number of carbonyl (C=O) groups is 1. The minimum atomic E-state index is -0.457. The second-order valence-corrected chi connectivity index (χ2v) is 10.0. The molecule has 190 valence electrons. The van der Waals surface area contributed by atoms with Crippen LogP contribution in [0.5, 0.6) is 0 Å². The lowest BCUT2D eigenvalue weighted by Gasteiger charge is -2.33. The summed E-state index contributed by atoms with van der Waals surface area (Å²) >= 11 is 0. The molecule has 3 aromatic carbocycles. The number of para-hydroxylation sites is 1. The highest BCUT2D eigenvalue weighted by molar-refractivity contribution is 5.78. The summed E-state index contributed by atoms with van der Waals surface area (Å²) in [5, 5.41) is 3.84. The number of nitrogens with one attached hydrogen (secondary N) is 1. The highest BCUT2D eigenvalue weighted by Crippen LogP contribution is 2.26. The van der Waals surface area contributed by atoms with Crippen molar-refractivity contribution in [3.8, 4) is 5.69 Å². The molecule has 1 fully saturated rings. The lowest BCUT2D eigenvalue weighted by molar-refractivity contribution is 0.165. The molecule has 0 aliphatic heterocycles. The van der Waals surface area contributed by atoms with E-state index in [1.54, 1.807) is 4.57 Å². The number of hydrogen-bond acceptors (Lipinski definition) is 3. The summed E-state index contributed by atoms with van der Waals surface area (Å²) in [6.45, 7) is 4.38. The van der Waals surface area contributed by atoms with Crippen molar-refractivity contribution < 1.29 is 4.79 Å². The summed E-state index contributed by atoms with van der Waals surface area (Å²) in [6, 6.07) is 24.8. The van der Waals surface area contributed by atoms with Gasteiger partial charge in [0.1, 0.15) is 5.82 Å². The van der Waals surface area contributed by atoms with Crippen LogP contribution in [0.3, 0.4) is 0 Å². The Morgan fingerprint density at radius 2 is 1.73 bits per heavy atom. The van der Waals surface area contributed by atoms with E-state index < -0.39 is 6.04 Å². The molecule has 5 rings (SSSR count). The number of rotatable bonds is 6. The topological polar surface area (TPSA) is 67.2 Å². The minimum Gasteiger partial charge on any atom is -0.335 e. The molecular formula is C31H34N4O2. The Morgan fingerprint density at radius 3 is 2.49 bits per heavy atom. The molecule has 1 unspecified atom stereocenters. The highest BCUT2D eigenvalue weighted by Gasteiger charge is 2.29. The van der Waals surface area contributed by atoms with Gasteiger partial charge in [-0.1, -0.05) is 73.9 Å². The molecule has 37 heavy (non-hydrogen) atoms. The molecule has 1 saturated carbocycles. The maximum Gasteiger partial charge on any atom is 0.318 e. The van der Waals surface area contributed by atoms with Crippen molar-refractivity contribution in [2.24, 2.45) is 0 Å². The number of carbonyl (C=O) groups excluding carboxylic acids is 1. The van der Waals surface area contributed by atoms with E-state index in [0.717, 1.165) is 42.5 Å². The summed E-state index contributed by atoms with van der Waals surface area (Å²) in [5.74, 6) is 0.545. The van der Waals surface area contributed by atoms with Crippen molar-refractivity contribution in [1.29, 1.82) is 0 Å². The smallest absolute Gasteiger partial charge is 0.318 e. The number of amides is 2. The monoisotopic (exact) mass is 494 g/mol.